The van der Waals surface area contributed by atoms with Gasteiger partial charge >= 0.3 is 5.97 Å². The molecular weight excluding hydrogens is 420 g/mol. The number of carbonyl (C=O) groups excluding carboxylic acids is 3. The maximum atomic E-state index is 13.3. The molecule has 3 aromatic carbocycles. The van der Waals surface area contributed by atoms with Gasteiger partial charge in [-0.05, 0) is 24.1 Å². The summed E-state index contributed by atoms with van der Waals surface area (Å²) in [5, 5.41) is 14.3. The number of benzene rings is 3. The Hall–Kier alpha value is -4.26. The van der Waals surface area contributed by atoms with E-state index in [1.807, 2.05) is 30.3 Å². The van der Waals surface area contributed by atoms with E-state index in [1.165, 1.54) is 6.92 Å². The van der Waals surface area contributed by atoms with Gasteiger partial charge in [0.25, 0.3) is 5.91 Å². The minimum absolute atomic E-state index is 0.149. The molecule has 0 fully saturated rings. The number of fused-ring (bicyclic) bond motifs is 3. The summed E-state index contributed by atoms with van der Waals surface area (Å²) in [5.74, 6) is -2.45. The number of rotatable bonds is 7. The van der Waals surface area contributed by atoms with E-state index in [9.17, 15) is 19.2 Å². The van der Waals surface area contributed by atoms with Gasteiger partial charge in [-0.25, -0.2) is 0 Å². The van der Waals surface area contributed by atoms with E-state index in [4.69, 9.17) is 5.11 Å². The molecule has 1 aliphatic carbocycles. The fraction of sp³-hybridized carbons (Fsp3) is 0.154. The van der Waals surface area contributed by atoms with Crippen LogP contribution in [0.1, 0.15) is 38.8 Å². The SMILES string of the molecule is C[C@H](NC(=O)[C@H](Cc1ccccc1)NC(=O)c1cccc2c1-c1ccccc1C2=O)C(=O)O. The van der Waals surface area contributed by atoms with Crippen LogP contribution in [0.15, 0.2) is 72.8 Å². The summed E-state index contributed by atoms with van der Waals surface area (Å²) in [6.45, 7) is 1.36. The molecule has 1 aliphatic rings. The lowest BCUT2D eigenvalue weighted by molar-refractivity contribution is -0.141. The van der Waals surface area contributed by atoms with Crippen molar-refractivity contribution in [3.63, 3.8) is 0 Å². The maximum absolute atomic E-state index is 13.3. The molecule has 0 radical (unpaired) electrons. The number of carboxylic acids is 1. The molecule has 33 heavy (non-hydrogen) atoms. The molecule has 2 atom stereocenters. The average molecular weight is 442 g/mol. The molecule has 3 N–H and O–H groups in total. The fourth-order valence-electron chi connectivity index (χ4n) is 3.94. The van der Waals surface area contributed by atoms with Gasteiger partial charge in [-0.2, -0.15) is 0 Å². The zero-order valence-electron chi connectivity index (χ0n) is 17.9. The molecule has 0 aliphatic heterocycles. The Balaban J connectivity index is 1.65. The normalized spacial score (nSPS) is 13.4. The predicted octanol–water partition coefficient (Wildman–Crippen LogP) is 2.83. The molecule has 2 amide bonds. The van der Waals surface area contributed by atoms with Crippen LogP contribution in [0.2, 0.25) is 0 Å². The Kier molecular flexibility index (Phi) is 6.04. The first kappa shape index (κ1) is 22.0. The van der Waals surface area contributed by atoms with Gasteiger partial charge in [-0.15, -0.1) is 0 Å². The quantitative estimate of drug-likeness (QED) is 0.407. The van der Waals surface area contributed by atoms with Crippen LogP contribution in [-0.4, -0.2) is 40.8 Å². The van der Waals surface area contributed by atoms with E-state index >= 15 is 0 Å². The standard InChI is InChI=1S/C26H22N2O5/c1-15(26(32)33)27-25(31)21(14-16-8-3-2-4-9-16)28-24(30)20-13-7-12-19-22(20)17-10-5-6-11-18(17)23(19)29/h2-13,15,21H,14H2,1H3,(H,27,31)(H,28,30)(H,32,33)/t15-,21-/m0/s1. The third-order valence-electron chi connectivity index (χ3n) is 5.63. The highest BCUT2D eigenvalue weighted by molar-refractivity contribution is 6.24. The highest BCUT2D eigenvalue weighted by Gasteiger charge is 2.32. The third kappa shape index (κ3) is 4.39. The van der Waals surface area contributed by atoms with E-state index < -0.39 is 29.9 Å². The molecule has 3 aromatic rings. The fourth-order valence-corrected chi connectivity index (χ4v) is 3.94. The molecule has 0 heterocycles. The number of aliphatic carboxylic acids is 1. The summed E-state index contributed by atoms with van der Waals surface area (Å²) in [6.07, 6.45) is 0.176. The number of carbonyl (C=O) groups is 4. The zero-order chi connectivity index (χ0) is 23.5. The molecule has 0 unspecified atom stereocenters. The van der Waals surface area contributed by atoms with Gasteiger partial charge < -0.3 is 15.7 Å². The molecular formula is C26H22N2O5. The molecule has 0 aromatic heterocycles. The van der Waals surface area contributed by atoms with E-state index in [2.05, 4.69) is 10.6 Å². The number of amides is 2. The first-order valence-corrected chi connectivity index (χ1v) is 10.5. The molecule has 166 valence electrons. The van der Waals surface area contributed by atoms with Crippen LogP contribution in [0, 0.1) is 0 Å². The van der Waals surface area contributed by atoms with Crippen LogP contribution >= 0.6 is 0 Å². The van der Waals surface area contributed by atoms with Gasteiger partial charge in [-0.1, -0.05) is 66.7 Å². The second-order valence-corrected chi connectivity index (χ2v) is 7.89. The molecule has 0 saturated heterocycles. The maximum Gasteiger partial charge on any atom is 0.325 e. The van der Waals surface area contributed by atoms with E-state index in [-0.39, 0.29) is 17.8 Å². The smallest absolute Gasteiger partial charge is 0.325 e. The molecule has 7 nitrogen and oxygen atoms in total. The van der Waals surface area contributed by atoms with Crippen LogP contribution in [0.4, 0.5) is 0 Å². The molecule has 7 heteroatoms. The van der Waals surface area contributed by atoms with Crippen molar-refractivity contribution in [3.05, 3.63) is 95.1 Å². The first-order valence-electron chi connectivity index (χ1n) is 10.5. The van der Waals surface area contributed by atoms with Crippen LogP contribution in [0.5, 0.6) is 0 Å². The van der Waals surface area contributed by atoms with Gasteiger partial charge in [0.15, 0.2) is 5.78 Å². The van der Waals surface area contributed by atoms with Crippen LogP contribution in [0.25, 0.3) is 11.1 Å². The third-order valence-corrected chi connectivity index (χ3v) is 5.63. The zero-order valence-corrected chi connectivity index (χ0v) is 17.9. The van der Waals surface area contributed by atoms with Gasteiger partial charge in [0.05, 0.1) is 0 Å². The Morgan fingerprint density at radius 1 is 0.818 bits per heavy atom. The van der Waals surface area contributed by atoms with Gasteiger partial charge in [0.2, 0.25) is 5.91 Å². The number of ketones is 1. The number of nitrogens with one attached hydrogen (secondary N) is 2. The summed E-state index contributed by atoms with van der Waals surface area (Å²) in [6, 6.07) is 19.0. The van der Waals surface area contributed by atoms with Gasteiger partial charge in [-0.3, -0.25) is 19.2 Å². The van der Waals surface area contributed by atoms with E-state index in [1.54, 1.807) is 42.5 Å². The number of hydrogen-bond acceptors (Lipinski definition) is 4. The summed E-state index contributed by atoms with van der Waals surface area (Å²) in [5.41, 5.74) is 3.26. The lowest BCUT2D eigenvalue weighted by Crippen LogP contribution is -2.51. The van der Waals surface area contributed by atoms with Crippen molar-refractivity contribution in [3.8, 4) is 11.1 Å². The van der Waals surface area contributed by atoms with Crippen molar-refractivity contribution in [1.82, 2.24) is 10.6 Å². The number of carboxylic acid groups (broad SMARTS) is 1. The Morgan fingerprint density at radius 2 is 1.45 bits per heavy atom. The highest BCUT2D eigenvalue weighted by Crippen LogP contribution is 2.38. The van der Waals surface area contributed by atoms with E-state index in [0.29, 0.717) is 22.3 Å². The number of hydrogen-bond donors (Lipinski definition) is 3. The highest BCUT2D eigenvalue weighted by atomic mass is 16.4. The monoisotopic (exact) mass is 442 g/mol. The summed E-state index contributed by atoms with van der Waals surface area (Å²) < 4.78 is 0. The molecule has 0 bridgehead atoms. The first-order chi connectivity index (χ1) is 15.9. The Labute approximate surface area is 190 Å². The minimum Gasteiger partial charge on any atom is -0.480 e. The van der Waals surface area contributed by atoms with E-state index in [0.717, 1.165) is 5.56 Å². The Bertz CT molecular complexity index is 1250. The lowest BCUT2D eigenvalue weighted by atomic mass is 9.98. The van der Waals surface area contributed by atoms with Crippen molar-refractivity contribution in [2.45, 2.75) is 25.4 Å². The van der Waals surface area contributed by atoms with Crippen molar-refractivity contribution in [2.75, 3.05) is 0 Å². The van der Waals surface area contributed by atoms with Crippen molar-refractivity contribution in [2.24, 2.45) is 0 Å². The van der Waals surface area contributed by atoms with Crippen LogP contribution < -0.4 is 10.6 Å². The Morgan fingerprint density at radius 3 is 2.15 bits per heavy atom. The average Bonchev–Trinajstić information content (AvgIpc) is 3.11. The summed E-state index contributed by atoms with van der Waals surface area (Å²) in [7, 11) is 0. The second-order valence-electron chi connectivity index (χ2n) is 7.89. The topological polar surface area (TPSA) is 113 Å². The van der Waals surface area contributed by atoms with Gasteiger partial charge in [0.1, 0.15) is 12.1 Å². The van der Waals surface area contributed by atoms with Gasteiger partial charge in [0, 0.05) is 28.7 Å². The summed E-state index contributed by atoms with van der Waals surface area (Å²) in [4.78, 5) is 50.2. The predicted molar refractivity (Wildman–Crippen MR) is 122 cm³/mol. The van der Waals surface area contributed by atoms with Crippen LogP contribution in [-0.2, 0) is 16.0 Å². The van der Waals surface area contributed by atoms with Crippen molar-refractivity contribution >= 4 is 23.6 Å². The summed E-state index contributed by atoms with van der Waals surface area (Å²) >= 11 is 0. The van der Waals surface area contributed by atoms with Crippen molar-refractivity contribution in [1.29, 1.82) is 0 Å². The van der Waals surface area contributed by atoms with Crippen molar-refractivity contribution < 1.29 is 24.3 Å². The lowest BCUT2D eigenvalue weighted by Gasteiger charge is -2.21. The minimum atomic E-state index is -1.18. The molecule has 0 spiro atoms. The second kappa shape index (κ2) is 9.08. The molecule has 0 saturated carbocycles. The largest absolute Gasteiger partial charge is 0.480 e. The van der Waals surface area contributed by atoms with Crippen LogP contribution in [0.3, 0.4) is 0 Å². The molecule has 4 rings (SSSR count).